The number of carboxylic acids is 1. The molecule has 0 radical (unpaired) electrons. The summed E-state index contributed by atoms with van der Waals surface area (Å²) < 4.78 is 5.48. The molecule has 1 amide bonds. The number of nitrogens with one attached hydrogen (secondary N) is 1. The van der Waals surface area contributed by atoms with Crippen LogP contribution in [-0.2, 0) is 9.53 Å². The van der Waals surface area contributed by atoms with E-state index < -0.39 is 23.7 Å². The maximum Gasteiger partial charge on any atom is 0.408 e. The SMILES string of the molecule is CC(C)(C)OC(=O)N[C@H](CCC(=O)c1cncc(Br)c1Cl)C(=O)O. The standard InChI is InChI=1S/C15H18BrClN2O5/c1-15(2,3)24-14(23)19-10(13(21)22)4-5-11(20)8-6-18-7-9(16)12(8)17/h6-7,10H,4-5H2,1-3H3,(H,19,23)(H,21,22)/t10-/m1/s1. The molecule has 2 N–H and O–H groups in total. The molecule has 0 unspecified atom stereocenters. The average Bonchev–Trinajstić information content (AvgIpc) is 2.43. The van der Waals surface area contributed by atoms with Crippen LogP contribution in [0.25, 0.3) is 0 Å². The molecule has 0 spiro atoms. The van der Waals surface area contributed by atoms with Crippen LogP contribution >= 0.6 is 27.5 Å². The first-order valence-electron chi connectivity index (χ1n) is 7.06. The number of carbonyl (C=O) groups is 3. The third-order valence-corrected chi connectivity index (χ3v) is 4.02. The highest BCUT2D eigenvalue weighted by molar-refractivity contribution is 9.10. The van der Waals surface area contributed by atoms with Crippen LogP contribution in [0.3, 0.4) is 0 Å². The second-order valence-corrected chi connectivity index (χ2v) is 7.21. The van der Waals surface area contributed by atoms with E-state index in [-0.39, 0.29) is 29.2 Å². The van der Waals surface area contributed by atoms with Gasteiger partial charge in [0.2, 0.25) is 0 Å². The molecule has 0 aromatic carbocycles. The van der Waals surface area contributed by atoms with Crippen molar-refractivity contribution in [2.75, 3.05) is 0 Å². The van der Waals surface area contributed by atoms with Gasteiger partial charge in [-0.3, -0.25) is 9.78 Å². The number of rotatable bonds is 6. The lowest BCUT2D eigenvalue weighted by Gasteiger charge is -2.21. The molecule has 1 heterocycles. The molecular weight excluding hydrogens is 404 g/mol. The van der Waals surface area contributed by atoms with Crippen molar-refractivity contribution in [1.29, 1.82) is 0 Å². The number of Topliss-reactive ketones (excluding diaryl/α,β-unsaturated/α-hetero) is 1. The van der Waals surface area contributed by atoms with E-state index in [0.717, 1.165) is 0 Å². The van der Waals surface area contributed by atoms with E-state index in [0.29, 0.717) is 4.47 Å². The number of hydrogen-bond donors (Lipinski definition) is 2. The number of carboxylic acid groups (broad SMARTS) is 1. The molecule has 0 aliphatic heterocycles. The summed E-state index contributed by atoms with van der Waals surface area (Å²) in [6.07, 6.45) is 1.68. The molecule has 0 fully saturated rings. The molecule has 132 valence electrons. The predicted molar refractivity (Wildman–Crippen MR) is 91.3 cm³/mol. The van der Waals surface area contributed by atoms with E-state index in [1.54, 1.807) is 20.8 Å². The number of amides is 1. The van der Waals surface area contributed by atoms with Gasteiger partial charge in [-0.25, -0.2) is 9.59 Å². The normalized spacial score (nSPS) is 12.4. The zero-order valence-electron chi connectivity index (χ0n) is 13.4. The van der Waals surface area contributed by atoms with Gasteiger partial charge in [-0.05, 0) is 43.1 Å². The van der Waals surface area contributed by atoms with Crippen molar-refractivity contribution in [3.8, 4) is 0 Å². The van der Waals surface area contributed by atoms with Crippen LogP contribution < -0.4 is 5.32 Å². The van der Waals surface area contributed by atoms with E-state index >= 15 is 0 Å². The first kappa shape index (κ1) is 20.4. The maximum atomic E-state index is 12.2. The zero-order valence-corrected chi connectivity index (χ0v) is 15.8. The molecule has 0 aliphatic rings. The number of carbonyl (C=O) groups excluding carboxylic acids is 2. The van der Waals surface area contributed by atoms with E-state index in [4.69, 9.17) is 16.3 Å². The van der Waals surface area contributed by atoms with Crippen LogP contribution in [0.5, 0.6) is 0 Å². The Balaban J connectivity index is 2.70. The summed E-state index contributed by atoms with van der Waals surface area (Å²) in [4.78, 5) is 38.9. The van der Waals surface area contributed by atoms with Crippen molar-refractivity contribution >= 4 is 45.4 Å². The summed E-state index contributed by atoms with van der Waals surface area (Å²) in [5, 5.41) is 11.6. The minimum Gasteiger partial charge on any atom is -0.480 e. The number of ether oxygens (including phenoxy) is 1. The van der Waals surface area contributed by atoms with E-state index in [9.17, 15) is 19.5 Å². The summed E-state index contributed by atoms with van der Waals surface area (Å²) in [6, 6.07) is -1.25. The number of alkyl carbamates (subject to hydrolysis) is 1. The topological polar surface area (TPSA) is 106 Å². The fraction of sp³-hybridized carbons (Fsp3) is 0.467. The molecule has 9 heteroatoms. The van der Waals surface area contributed by atoms with Crippen molar-refractivity contribution in [3.05, 3.63) is 27.5 Å². The Morgan fingerprint density at radius 3 is 2.54 bits per heavy atom. The largest absolute Gasteiger partial charge is 0.480 e. The number of halogens is 2. The summed E-state index contributed by atoms with van der Waals surface area (Å²) in [6.45, 7) is 4.98. The quantitative estimate of drug-likeness (QED) is 0.682. The molecule has 24 heavy (non-hydrogen) atoms. The van der Waals surface area contributed by atoms with E-state index in [1.807, 2.05) is 0 Å². The Hall–Kier alpha value is -1.67. The Kier molecular flexibility index (Phi) is 7.16. The van der Waals surface area contributed by atoms with Crippen molar-refractivity contribution in [2.45, 2.75) is 45.3 Å². The molecule has 1 rings (SSSR count). The van der Waals surface area contributed by atoms with Crippen LogP contribution in [0.4, 0.5) is 4.79 Å². The molecule has 0 aliphatic carbocycles. The van der Waals surface area contributed by atoms with Gasteiger partial charge < -0.3 is 15.2 Å². The van der Waals surface area contributed by atoms with Gasteiger partial charge in [-0.15, -0.1) is 0 Å². The number of pyridine rings is 1. The van der Waals surface area contributed by atoms with Crippen molar-refractivity contribution < 1.29 is 24.2 Å². The molecular formula is C15H18BrClN2O5. The lowest BCUT2D eigenvalue weighted by Crippen LogP contribution is -2.43. The van der Waals surface area contributed by atoms with Crippen LogP contribution in [0, 0.1) is 0 Å². The van der Waals surface area contributed by atoms with Crippen LogP contribution in [0.15, 0.2) is 16.9 Å². The van der Waals surface area contributed by atoms with Gasteiger partial charge in [0.15, 0.2) is 5.78 Å². The molecule has 0 saturated carbocycles. The van der Waals surface area contributed by atoms with Crippen molar-refractivity contribution in [1.82, 2.24) is 10.3 Å². The first-order chi connectivity index (χ1) is 11.0. The second kappa shape index (κ2) is 8.43. The van der Waals surface area contributed by atoms with E-state index in [1.165, 1.54) is 12.4 Å². The number of nitrogens with zero attached hydrogens (tertiary/aromatic N) is 1. The minimum atomic E-state index is -1.26. The molecule has 1 aromatic rings. The third-order valence-electron chi connectivity index (χ3n) is 2.79. The smallest absolute Gasteiger partial charge is 0.408 e. The number of ketones is 1. The Labute approximate surface area is 152 Å². The van der Waals surface area contributed by atoms with Crippen molar-refractivity contribution in [3.63, 3.8) is 0 Å². The highest BCUT2D eigenvalue weighted by Gasteiger charge is 2.25. The monoisotopic (exact) mass is 420 g/mol. The second-order valence-electron chi connectivity index (χ2n) is 5.98. The molecule has 0 saturated heterocycles. The number of aliphatic carboxylic acids is 1. The molecule has 1 atom stereocenters. The predicted octanol–water partition coefficient (Wildman–Crippen LogP) is 3.44. The number of hydrogen-bond acceptors (Lipinski definition) is 5. The zero-order chi connectivity index (χ0) is 18.5. The molecule has 1 aromatic heterocycles. The van der Waals surface area contributed by atoms with Gasteiger partial charge in [0.25, 0.3) is 0 Å². The van der Waals surface area contributed by atoms with Crippen molar-refractivity contribution in [2.24, 2.45) is 0 Å². The van der Waals surface area contributed by atoms with Crippen LogP contribution in [-0.4, -0.2) is 39.6 Å². The molecule has 7 nitrogen and oxygen atoms in total. The number of aromatic nitrogens is 1. The van der Waals surface area contributed by atoms with Gasteiger partial charge in [0, 0.05) is 18.8 Å². The third kappa shape index (κ3) is 6.45. The fourth-order valence-electron chi connectivity index (χ4n) is 1.73. The van der Waals surface area contributed by atoms with Gasteiger partial charge in [0.05, 0.1) is 15.1 Å². The lowest BCUT2D eigenvalue weighted by atomic mass is 10.0. The first-order valence-corrected chi connectivity index (χ1v) is 8.23. The van der Waals surface area contributed by atoms with Crippen LogP contribution in [0.1, 0.15) is 44.0 Å². The van der Waals surface area contributed by atoms with E-state index in [2.05, 4.69) is 26.2 Å². The van der Waals surface area contributed by atoms with Gasteiger partial charge in [0.1, 0.15) is 11.6 Å². The summed E-state index contributed by atoms with van der Waals surface area (Å²) in [5.41, 5.74) is -0.564. The fourth-order valence-corrected chi connectivity index (χ4v) is 2.27. The van der Waals surface area contributed by atoms with Gasteiger partial charge in [-0.2, -0.15) is 0 Å². The molecule has 0 bridgehead atoms. The Morgan fingerprint density at radius 1 is 1.38 bits per heavy atom. The highest BCUT2D eigenvalue weighted by Crippen LogP contribution is 2.26. The summed E-state index contributed by atoms with van der Waals surface area (Å²) in [7, 11) is 0. The lowest BCUT2D eigenvalue weighted by molar-refractivity contribution is -0.139. The van der Waals surface area contributed by atoms with Crippen LogP contribution in [0.2, 0.25) is 5.02 Å². The Bertz CT molecular complexity index is 645. The summed E-state index contributed by atoms with van der Waals surface area (Å²) in [5.74, 6) is -1.63. The Morgan fingerprint density at radius 2 is 2.00 bits per heavy atom. The summed E-state index contributed by atoms with van der Waals surface area (Å²) >= 11 is 9.17. The van der Waals surface area contributed by atoms with Gasteiger partial charge in [-0.1, -0.05) is 11.6 Å². The minimum absolute atomic E-state index is 0.101. The maximum absolute atomic E-state index is 12.2. The average molecular weight is 422 g/mol. The highest BCUT2D eigenvalue weighted by atomic mass is 79.9. The van der Waals surface area contributed by atoms with Gasteiger partial charge >= 0.3 is 12.1 Å².